The molecule has 0 aliphatic carbocycles. The van der Waals surface area contributed by atoms with Gasteiger partial charge in [-0.1, -0.05) is 18.2 Å². The largest absolute Gasteiger partial charge is 0.395 e. The lowest BCUT2D eigenvalue weighted by atomic mass is 10.2. The zero-order valence-electron chi connectivity index (χ0n) is 19.2. The summed E-state index contributed by atoms with van der Waals surface area (Å²) in [4.78, 5) is 27.2. The van der Waals surface area contributed by atoms with Gasteiger partial charge in [-0.2, -0.15) is 15.0 Å². The predicted octanol–water partition coefficient (Wildman–Crippen LogP) is -0.0125. The van der Waals surface area contributed by atoms with Gasteiger partial charge in [-0.3, -0.25) is 4.79 Å². The monoisotopic (exact) mass is 475 g/mol. The highest BCUT2D eigenvalue weighted by molar-refractivity contribution is 5.94. The number of benzene rings is 1. The standard InChI is InChI=1S/C22H33N7O5/c30-11-6-24-20-26-21(28-22(27-20)29-9-14-34-15-10-29)25-8-13-33-17-16-32-12-7-23-19(31)18-4-2-1-3-5-18/h1-5,30H,6-17H2,(H,23,31)(H2,24,25,26,27,28). The fraction of sp³-hybridized carbons (Fsp3) is 0.545. The summed E-state index contributed by atoms with van der Waals surface area (Å²) in [5.74, 6) is 1.29. The van der Waals surface area contributed by atoms with Crippen LogP contribution in [0.5, 0.6) is 0 Å². The molecule has 1 aromatic heterocycles. The van der Waals surface area contributed by atoms with Crippen molar-refractivity contribution in [2.45, 2.75) is 0 Å². The van der Waals surface area contributed by atoms with E-state index in [9.17, 15) is 4.79 Å². The number of morpholine rings is 1. The topological polar surface area (TPSA) is 143 Å². The van der Waals surface area contributed by atoms with Crippen LogP contribution < -0.4 is 20.9 Å². The predicted molar refractivity (Wildman–Crippen MR) is 127 cm³/mol. The summed E-state index contributed by atoms with van der Waals surface area (Å²) >= 11 is 0. The first-order valence-electron chi connectivity index (χ1n) is 11.4. The average Bonchev–Trinajstić information content (AvgIpc) is 2.89. The van der Waals surface area contributed by atoms with E-state index >= 15 is 0 Å². The average molecular weight is 476 g/mol. The Hall–Kier alpha value is -3.06. The Bertz CT molecular complexity index is 853. The van der Waals surface area contributed by atoms with Gasteiger partial charge < -0.3 is 40.2 Å². The van der Waals surface area contributed by atoms with Gasteiger partial charge in [0.1, 0.15) is 0 Å². The van der Waals surface area contributed by atoms with E-state index in [1.54, 1.807) is 12.1 Å². The molecule has 3 rings (SSSR count). The second-order valence-electron chi connectivity index (χ2n) is 7.31. The van der Waals surface area contributed by atoms with Gasteiger partial charge in [-0.15, -0.1) is 0 Å². The van der Waals surface area contributed by atoms with Crippen molar-refractivity contribution >= 4 is 23.8 Å². The molecule has 34 heavy (non-hydrogen) atoms. The van der Waals surface area contributed by atoms with E-state index in [0.717, 1.165) is 0 Å². The van der Waals surface area contributed by atoms with E-state index in [2.05, 4.69) is 30.9 Å². The van der Waals surface area contributed by atoms with Crippen molar-refractivity contribution < 1.29 is 24.1 Å². The van der Waals surface area contributed by atoms with Gasteiger partial charge in [0.2, 0.25) is 17.8 Å². The highest BCUT2D eigenvalue weighted by Crippen LogP contribution is 2.14. The number of carbonyl (C=O) groups is 1. The van der Waals surface area contributed by atoms with Crippen LogP contribution in [0.3, 0.4) is 0 Å². The Morgan fingerprint density at radius 1 is 0.912 bits per heavy atom. The number of anilines is 3. The molecule has 2 aromatic rings. The van der Waals surface area contributed by atoms with E-state index in [4.69, 9.17) is 19.3 Å². The lowest BCUT2D eigenvalue weighted by Crippen LogP contribution is -2.37. The lowest BCUT2D eigenvalue weighted by molar-refractivity contribution is 0.0519. The zero-order chi connectivity index (χ0) is 23.8. The van der Waals surface area contributed by atoms with E-state index < -0.39 is 0 Å². The first kappa shape index (κ1) is 25.6. The summed E-state index contributed by atoms with van der Waals surface area (Å²) in [6.45, 7) is 5.70. The number of aliphatic hydroxyl groups excluding tert-OH is 1. The van der Waals surface area contributed by atoms with Crippen LogP contribution in [-0.4, -0.2) is 105 Å². The Kier molecular flexibility index (Phi) is 11.2. The molecule has 0 radical (unpaired) electrons. The van der Waals surface area contributed by atoms with Crippen LogP contribution in [0.1, 0.15) is 10.4 Å². The van der Waals surface area contributed by atoms with Crippen LogP contribution in [0.4, 0.5) is 17.8 Å². The van der Waals surface area contributed by atoms with Gasteiger partial charge in [-0.25, -0.2) is 0 Å². The van der Waals surface area contributed by atoms with Gasteiger partial charge in [0.05, 0.1) is 46.2 Å². The number of amides is 1. The van der Waals surface area contributed by atoms with E-state index in [-0.39, 0.29) is 12.5 Å². The van der Waals surface area contributed by atoms with Crippen LogP contribution in [-0.2, 0) is 14.2 Å². The van der Waals surface area contributed by atoms with E-state index in [0.29, 0.717) is 95.8 Å². The SMILES string of the molecule is O=C(NCCOCCOCCNc1nc(NCCO)nc(N2CCOCC2)n1)c1ccccc1. The smallest absolute Gasteiger partial charge is 0.251 e. The van der Waals surface area contributed by atoms with Gasteiger partial charge in [0.15, 0.2) is 0 Å². The van der Waals surface area contributed by atoms with Gasteiger partial charge in [-0.05, 0) is 12.1 Å². The van der Waals surface area contributed by atoms with Gasteiger partial charge >= 0.3 is 0 Å². The van der Waals surface area contributed by atoms with Crippen molar-refractivity contribution in [2.24, 2.45) is 0 Å². The molecule has 0 bridgehead atoms. The lowest BCUT2D eigenvalue weighted by Gasteiger charge is -2.27. The number of carbonyl (C=O) groups excluding carboxylic acids is 1. The molecule has 1 aliphatic heterocycles. The van der Waals surface area contributed by atoms with Crippen molar-refractivity contribution in [3.63, 3.8) is 0 Å². The normalized spacial score (nSPS) is 13.5. The molecule has 12 heteroatoms. The maximum atomic E-state index is 11.9. The molecular formula is C22H33N7O5. The Morgan fingerprint density at radius 2 is 1.56 bits per heavy atom. The Balaban J connectivity index is 1.29. The molecule has 1 aliphatic rings. The minimum atomic E-state index is -0.114. The fourth-order valence-electron chi connectivity index (χ4n) is 3.08. The molecule has 0 saturated carbocycles. The van der Waals surface area contributed by atoms with Crippen LogP contribution >= 0.6 is 0 Å². The van der Waals surface area contributed by atoms with Crippen LogP contribution in [0.15, 0.2) is 30.3 Å². The molecule has 1 fully saturated rings. The van der Waals surface area contributed by atoms with Crippen LogP contribution in [0, 0.1) is 0 Å². The summed E-state index contributed by atoms with van der Waals surface area (Å²) < 4.78 is 16.4. The molecular weight excluding hydrogens is 442 g/mol. The molecule has 0 unspecified atom stereocenters. The van der Waals surface area contributed by atoms with Crippen molar-refractivity contribution in [1.82, 2.24) is 20.3 Å². The first-order chi connectivity index (χ1) is 16.8. The van der Waals surface area contributed by atoms with Crippen LogP contribution in [0.25, 0.3) is 0 Å². The second kappa shape index (κ2) is 15.0. The molecule has 1 amide bonds. The maximum Gasteiger partial charge on any atom is 0.251 e. The minimum absolute atomic E-state index is 0.0172. The highest BCUT2D eigenvalue weighted by Gasteiger charge is 2.16. The summed E-state index contributed by atoms with van der Waals surface area (Å²) in [6, 6.07) is 9.06. The summed E-state index contributed by atoms with van der Waals surface area (Å²) in [7, 11) is 0. The summed E-state index contributed by atoms with van der Waals surface area (Å²) in [6.07, 6.45) is 0. The maximum absolute atomic E-state index is 11.9. The molecule has 186 valence electrons. The molecule has 0 spiro atoms. The number of nitrogens with zero attached hydrogens (tertiary/aromatic N) is 4. The number of rotatable bonds is 15. The Morgan fingerprint density at radius 3 is 2.24 bits per heavy atom. The summed E-state index contributed by atoms with van der Waals surface area (Å²) in [5, 5.41) is 18.0. The third kappa shape index (κ3) is 9.06. The van der Waals surface area contributed by atoms with E-state index in [1.165, 1.54) is 0 Å². The number of aromatic nitrogens is 3. The first-order valence-corrected chi connectivity index (χ1v) is 11.4. The number of hydrogen-bond acceptors (Lipinski definition) is 11. The highest BCUT2D eigenvalue weighted by atomic mass is 16.5. The molecule has 4 N–H and O–H groups in total. The van der Waals surface area contributed by atoms with Crippen LogP contribution in [0.2, 0.25) is 0 Å². The van der Waals surface area contributed by atoms with Crippen molar-refractivity contribution in [2.75, 3.05) is 94.5 Å². The van der Waals surface area contributed by atoms with Crippen molar-refractivity contribution in [3.05, 3.63) is 35.9 Å². The molecule has 2 heterocycles. The number of ether oxygens (including phenoxy) is 3. The summed E-state index contributed by atoms with van der Waals surface area (Å²) in [5.41, 5.74) is 0.630. The Labute approximate surface area is 199 Å². The third-order valence-corrected chi connectivity index (χ3v) is 4.78. The number of hydrogen-bond donors (Lipinski definition) is 4. The number of nitrogens with one attached hydrogen (secondary N) is 3. The van der Waals surface area contributed by atoms with Crippen molar-refractivity contribution in [3.8, 4) is 0 Å². The number of aliphatic hydroxyl groups is 1. The third-order valence-electron chi connectivity index (χ3n) is 4.78. The van der Waals surface area contributed by atoms with E-state index in [1.807, 2.05) is 23.1 Å². The fourth-order valence-corrected chi connectivity index (χ4v) is 3.08. The quantitative estimate of drug-likeness (QED) is 0.258. The zero-order valence-corrected chi connectivity index (χ0v) is 19.2. The molecule has 0 atom stereocenters. The minimum Gasteiger partial charge on any atom is -0.395 e. The molecule has 1 saturated heterocycles. The second-order valence-corrected chi connectivity index (χ2v) is 7.31. The van der Waals surface area contributed by atoms with Crippen molar-refractivity contribution in [1.29, 1.82) is 0 Å². The molecule has 1 aromatic carbocycles. The molecule has 12 nitrogen and oxygen atoms in total. The van der Waals surface area contributed by atoms with Gasteiger partial charge in [0, 0.05) is 38.3 Å². The van der Waals surface area contributed by atoms with Gasteiger partial charge in [0.25, 0.3) is 5.91 Å².